The fourth-order valence-electron chi connectivity index (χ4n) is 3.27. The van der Waals surface area contributed by atoms with Crippen LogP contribution in [0.5, 0.6) is 0 Å². The van der Waals surface area contributed by atoms with Crippen molar-refractivity contribution in [3.05, 3.63) is 35.5 Å². The number of rotatable bonds is 3. The van der Waals surface area contributed by atoms with E-state index in [9.17, 15) is 14.7 Å². The zero-order chi connectivity index (χ0) is 18.7. The number of aliphatic hydroxyl groups is 1. The van der Waals surface area contributed by atoms with Gasteiger partial charge in [0.15, 0.2) is 0 Å². The lowest BCUT2D eigenvalue weighted by Crippen LogP contribution is -2.40. The summed E-state index contributed by atoms with van der Waals surface area (Å²) in [5, 5.41) is 10.6. The van der Waals surface area contributed by atoms with Crippen molar-refractivity contribution in [3.8, 4) is 0 Å². The summed E-state index contributed by atoms with van der Waals surface area (Å²) in [5.74, 6) is -1.28. The molecule has 1 N–H and O–H groups in total. The van der Waals surface area contributed by atoms with Crippen molar-refractivity contribution < 1.29 is 24.2 Å². The van der Waals surface area contributed by atoms with Crippen LogP contribution in [0, 0.1) is 11.8 Å². The smallest absolute Gasteiger partial charge is 0.334 e. The summed E-state index contributed by atoms with van der Waals surface area (Å²) in [4.78, 5) is 24.3. The molecule has 1 aliphatic carbocycles. The van der Waals surface area contributed by atoms with Gasteiger partial charge in [-0.05, 0) is 44.3 Å². The van der Waals surface area contributed by atoms with E-state index in [1.807, 2.05) is 39.8 Å². The standard InChI is InChI=1S/C20H28O5/c1-11(2)9-16(21)24-15-10-12(3)7-6-8-13(4)18(22)19-17(15)14(5)20(23)25-19/h8,10-11,15,17-19,22H,5-7,9H2,1-4H3/b12-10+,13-8+/t15-,17+,18+,19-/m1/s1. The lowest BCUT2D eigenvalue weighted by atomic mass is 9.84. The van der Waals surface area contributed by atoms with Crippen LogP contribution in [-0.4, -0.2) is 35.4 Å². The number of hydrogen-bond acceptors (Lipinski definition) is 5. The summed E-state index contributed by atoms with van der Waals surface area (Å²) in [5.41, 5.74) is 2.05. The van der Waals surface area contributed by atoms with E-state index in [0.717, 1.165) is 24.0 Å². The summed E-state index contributed by atoms with van der Waals surface area (Å²) in [6.45, 7) is 11.5. The highest BCUT2D eigenvalue weighted by Gasteiger charge is 2.48. The minimum atomic E-state index is -0.939. The average Bonchev–Trinajstić information content (AvgIpc) is 2.79. The third kappa shape index (κ3) is 4.60. The molecule has 138 valence electrons. The Morgan fingerprint density at radius 3 is 2.76 bits per heavy atom. The Morgan fingerprint density at radius 1 is 1.44 bits per heavy atom. The molecule has 0 aromatic rings. The van der Waals surface area contributed by atoms with Gasteiger partial charge in [-0.15, -0.1) is 0 Å². The quantitative estimate of drug-likeness (QED) is 0.482. The minimum absolute atomic E-state index is 0.174. The van der Waals surface area contributed by atoms with E-state index in [-0.39, 0.29) is 17.5 Å². The van der Waals surface area contributed by atoms with Crippen LogP contribution >= 0.6 is 0 Å². The first-order valence-corrected chi connectivity index (χ1v) is 8.82. The van der Waals surface area contributed by atoms with Gasteiger partial charge in [-0.25, -0.2) is 4.79 Å². The number of carbonyl (C=O) groups is 2. The fraction of sp³-hybridized carbons (Fsp3) is 0.600. The van der Waals surface area contributed by atoms with Gasteiger partial charge < -0.3 is 14.6 Å². The van der Waals surface area contributed by atoms with Gasteiger partial charge >= 0.3 is 11.9 Å². The molecule has 1 fully saturated rings. The third-order valence-electron chi connectivity index (χ3n) is 4.69. The molecule has 0 bridgehead atoms. The second-order valence-electron chi connectivity index (χ2n) is 7.42. The normalized spacial score (nSPS) is 34.5. The lowest BCUT2D eigenvalue weighted by Gasteiger charge is -2.29. The molecule has 2 rings (SSSR count). The van der Waals surface area contributed by atoms with Crippen LogP contribution in [0.2, 0.25) is 0 Å². The highest BCUT2D eigenvalue weighted by atomic mass is 16.6. The Hall–Kier alpha value is -1.88. The van der Waals surface area contributed by atoms with E-state index in [1.54, 1.807) is 0 Å². The summed E-state index contributed by atoms with van der Waals surface area (Å²) in [6.07, 6.45) is 3.27. The lowest BCUT2D eigenvalue weighted by molar-refractivity contribution is -0.152. The minimum Gasteiger partial charge on any atom is -0.457 e. The van der Waals surface area contributed by atoms with Crippen molar-refractivity contribution in [1.29, 1.82) is 0 Å². The second kappa shape index (κ2) is 8.00. The van der Waals surface area contributed by atoms with E-state index in [2.05, 4.69) is 6.58 Å². The molecule has 0 unspecified atom stereocenters. The molecule has 0 amide bonds. The Kier molecular flexibility index (Phi) is 6.22. The summed E-state index contributed by atoms with van der Waals surface area (Å²) in [6, 6.07) is 0. The molecule has 1 heterocycles. The second-order valence-corrected chi connectivity index (χ2v) is 7.42. The fourth-order valence-corrected chi connectivity index (χ4v) is 3.27. The zero-order valence-electron chi connectivity index (χ0n) is 15.5. The maximum Gasteiger partial charge on any atom is 0.334 e. The molecule has 0 spiro atoms. The van der Waals surface area contributed by atoms with Crippen LogP contribution in [0.1, 0.15) is 47.0 Å². The van der Waals surface area contributed by atoms with Crippen molar-refractivity contribution in [3.63, 3.8) is 0 Å². The summed E-state index contributed by atoms with van der Waals surface area (Å²) in [7, 11) is 0. The molecule has 1 saturated heterocycles. The van der Waals surface area contributed by atoms with Crippen molar-refractivity contribution in [2.45, 2.75) is 65.3 Å². The molecule has 25 heavy (non-hydrogen) atoms. The first kappa shape index (κ1) is 19.4. The van der Waals surface area contributed by atoms with Gasteiger partial charge in [-0.1, -0.05) is 32.1 Å². The molecule has 5 heteroatoms. The molecule has 4 atom stereocenters. The molecule has 1 aliphatic heterocycles. The van der Waals surface area contributed by atoms with Gasteiger partial charge in [0.05, 0.1) is 5.92 Å². The van der Waals surface area contributed by atoms with Gasteiger partial charge in [0, 0.05) is 12.0 Å². The van der Waals surface area contributed by atoms with Gasteiger partial charge in [-0.2, -0.15) is 0 Å². The van der Waals surface area contributed by atoms with Gasteiger partial charge in [0.1, 0.15) is 18.3 Å². The molecule has 2 aliphatic rings. The number of carbonyl (C=O) groups excluding carboxylic acids is 2. The molecule has 0 radical (unpaired) electrons. The van der Waals surface area contributed by atoms with Gasteiger partial charge in [-0.3, -0.25) is 4.79 Å². The number of hydrogen-bond donors (Lipinski definition) is 1. The average molecular weight is 348 g/mol. The Morgan fingerprint density at radius 2 is 2.12 bits per heavy atom. The molecule has 0 aromatic heterocycles. The van der Waals surface area contributed by atoms with Crippen LogP contribution < -0.4 is 0 Å². The monoisotopic (exact) mass is 348 g/mol. The van der Waals surface area contributed by atoms with E-state index >= 15 is 0 Å². The number of aliphatic hydroxyl groups excluding tert-OH is 1. The van der Waals surface area contributed by atoms with Crippen molar-refractivity contribution in [1.82, 2.24) is 0 Å². The third-order valence-corrected chi connectivity index (χ3v) is 4.69. The molecule has 0 aromatic carbocycles. The largest absolute Gasteiger partial charge is 0.457 e. The maximum absolute atomic E-state index is 12.2. The first-order chi connectivity index (χ1) is 11.7. The highest BCUT2D eigenvalue weighted by molar-refractivity contribution is 5.91. The van der Waals surface area contributed by atoms with Gasteiger partial charge in [0.2, 0.25) is 0 Å². The molecular formula is C20H28O5. The maximum atomic E-state index is 12.2. The molecule has 0 saturated carbocycles. The molecular weight excluding hydrogens is 320 g/mol. The van der Waals surface area contributed by atoms with Crippen LogP contribution in [0.3, 0.4) is 0 Å². The number of allylic oxidation sites excluding steroid dienone is 2. The number of fused-ring (bicyclic) bond motifs is 1. The van der Waals surface area contributed by atoms with Crippen LogP contribution in [0.25, 0.3) is 0 Å². The van der Waals surface area contributed by atoms with Crippen LogP contribution in [-0.2, 0) is 19.1 Å². The zero-order valence-corrected chi connectivity index (χ0v) is 15.5. The summed E-state index contributed by atoms with van der Waals surface area (Å²) >= 11 is 0. The molecule has 5 nitrogen and oxygen atoms in total. The predicted molar refractivity (Wildman–Crippen MR) is 94.6 cm³/mol. The topological polar surface area (TPSA) is 72.8 Å². The van der Waals surface area contributed by atoms with E-state index in [0.29, 0.717) is 6.42 Å². The van der Waals surface area contributed by atoms with E-state index in [4.69, 9.17) is 9.47 Å². The van der Waals surface area contributed by atoms with Gasteiger partial charge in [0.25, 0.3) is 0 Å². The Bertz CT molecular complexity index is 614. The Labute approximate surface area is 149 Å². The Balaban J connectivity index is 2.38. The van der Waals surface area contributed by atoms with E-state index < -0.39 is 30.2 Å². The number of ether oxygens (including phenoxy) is 2. The van der Waals surface area contributed by atoms with Crippen molar-refractivity contribution in [2.75, 3.05) is 0 Å². The SMILES string of the molecule is C=C1C(=O)O[C@@H]2[C@@H]1[C@H](OC(=O)CC(C)C)/C=C(\C)CC/C=C(\C)[C@@H]2O. The van der Waals surface area contributed by atoms with Crippen molar-refractivity contribution in [2.24, 2.45) is 11.8 Å². The highest BCUT2D eigenvalue weighted by Crippen LogP contribution is 2.36. The van der Waals surface area contributed by atoms with E-state index in [1.165, 1.54) is 0 Å². The number of esters is 2. The van der Waals surface area contributed by atoms with Crippen LogP contribution in [0.15, 0.2) is 35.5 Å². The predicted octanol–water partition coefficient (Wildman–Crippen LogP) is 3.09. The van der Waals surface area contributed by atoms with Crippen LogP contribution in [0.4, 0.5) is 0 Å². The summed E-state index contributed by atoms with van der Waals surface area (Å²) < 4.78 is 11.1. The first-order valence-electron chi connectivity index (χ1n) is 8.82. The van der Waals surface area contributed by atoms with Crippen molar-refractivity contribution >= 4 is 11.9 Å².